The van der Waals surface area contributed by atoms with E-state index in [9.17, 15) is 0 Å². The average Bonchev–Trinajstić information content (AvgIpc) is 3.47. The van der Waals surface area contributed by atoms with Gasteiger partial charge in [-0.25, -0.2) is 0 Å². The number of hydrogen-bond acceptors (Lipinski definition) is 1. The Hall–Kier alpha value is -4.88. The van der Waals surface area contributed by atoms with Crippen LogP contribution >= 0.6 is 0 Å². The number of hydrogen-bond donors (Lipinski definition) is 0. The van der Waals surface area contributed by atoms with Crippen molar-refractivity contribution in [3.63, 3.8) is 0 Å². The molecule has 280 valence electrons. The molecule has 6 aliphatic carbocycles. The van der Waals surface area contributed by atoms with Crippen LogP contribution < -0.4 is 4.90 Å². The van der Waals surface area contributed by atoms with Crippen LogP contribution in [0.1, 0.15) is 112 Å². The quantitative estimate of drug-likeness (QED) is 0.158. The Balaban J connectivity index is 1.04. The maximum atomic E-state index is 2.54. The molecule has 56 heavy (non-hydrogen) atoms. The second kappa shape index (κ2) is 13.1. The topological polar surface area (TPSA) is 3.24 Å². The van der Waals surface area contributed by atoms with Crippen LogP contribution in [-0.2, 0) is 16.2 Å². The summed E-state index contributed by atoms with van der Waals surface area (Å²) in [4.78, 5) is 2.54. The van der Waals surface area contributed by atoms with Crippen molar-refractivity contribution in [3.05, 3.63) is 173 Å². The SMILES string of the molecule is CC1(C)c2ccc(N(c3ccc(C45CC6CC(CC(C6)C4)C5)cc3)c3ccc(C4(c5ccccc5)CCCCC4)cc3)cc2-c2c(-c3ccccc3)cccc21. The molecule has 0 saturated heterocycles. The lowest BCUT2D eigenvalue weighted by atomic mass is 9.48. The summed E-state index contributed by atoms with van der Waals surface area (Å²) in [6, 6.07) is 56.3. The molecule has 5 saturated carbocycles. The molecule has 0 amide bonds. The summed E-state index contributed by atoms with van der Waals surface area (Å²) in [5, 5.41) is 0. The molecule has 12 rings (SSSR count). The Kier molecular flexibility index (Phi) is 8.03. The van der Waals surface area contributed by atoms with Gasteiger partial charge in [-0.3, -0.25) is 0 Å². The second-order valence-corrected chi connectivity index (χ2v) is 19.1. The minimum atomic E-state index is -0.0777. The number of fused-ring (bicyclic) bond motifs is 3. The smallest absolute Gasteiger partial charge is 0.0468 e. The first kappa shape index (κ1) is 34.4. The summed E-state index contributed by atoms with van der Waals surface area (Å²) in [5.74, 6) is 2.83. The molecule has 6 aliphatic rings. The van der Waals surface area contributed by atoms with E-state index in [1.807, 2.05) is 0 Å². The second-order valence-electron chi connectivity index (χ2n) is 19.1. The summed E-state index contributed by atoms with van der Waals surface area (Å²) in [5.41, 5.74) is 16.8. The minimum absolute atomic E-state index is 0.0777. The maximum Gasteiger partial charge on any atom is 0.0468 e. The van der Waals surface area contributed by atoms with E-state index in [4.69, 9.17) is 0 Å². The van der Waals surface area contributed by atoms with Crippen molar-refractivity contribution in [3.8, 4) is 22.3 Å². The third-order valence-corrected chi connectivity index (χ3v) is 15.5. The van der Waals surface area contributed by atoms with E-state index in [0.29, 0.717) is 5.41 Å². The zero-order valence-corrected chi connectivity index (χ0v) is 33.3. The third kappa shape index (κ3) is 5.40. The molecule has 5 fully saturated rings. The Morgan fingerprint density at radius 3 is 1.64 bits per heavy atom. The molecule has 1 heteroatoms. The van der Waals surface area contributed by atoms with Crippen molar-refractivity contribution in [1.29, 1.82) is 0 Å². The fourth-order valence-corrected chi connectivity index (χ4v) is 13.3. The van der Waals surface area contributed by atoms with Crippen LogP contribution in [0.25, 0.3) is 22.3 Å². The summed E-state index contributed by atoms with van der Waals surface area (Å²) in [6.07, 6.45) is 15.0. The molecular weight excluding hydrogens is 675 g/mol. The van der Waals surface area contributed by atoms with Crippen LogP contribution in [0.5, 0.6) is 0 Å². The van der Waals surface area contributed by atoms with Crippen molar-refractivity contribution in [1.82, 2.24) is 0 Å². The Morgan fingerprint density at radius 1 is 0.464 bits per heavy atom. The van der Waals surface area contributed by atoms with Gasteiger partial charge in [-0.05, 0) is 161 Å². The van der Waals surface area contributed by atoms with E-state index >= 15 is 0 Å². The molecule has 0 spiro atoms. The zero-order chi connectivity index (χ0) is 37.5. The molecule has 4 bridgehead atoms. The molecule has 0 unspecified atom stereocenters. The zero-order valence-electron chi connectivity index (χ0n) is 33.3. The molecule has 6 aromatic rings. The number of nitrogens with zero attached hydrogens (tertiary/aromatic N) is 1. The predicted octanol–water partition coefficient (Wildman–Crippen LogP) is 14.8. The van der Waals surface area contributed by atoms with Crippen molar-refractivity contribution in [2.24, 2.45) is 17.8 Å². The van der Waals surface area contributed by atoms with Crippen molar-refractivity contribution >= 4 is 17.1 Å². The van der Waals surface area contributed by atoms with Gasteiger partial charge in [-0.2, -0.15) is 0 Å². The predicted molar refractivity (Wildman–Crippen MR) is 234 cm³/mol. The van der Waals surface area contributed by atoms with Gasteiger partial charge in [0, 0.05) is 27.9 Å². The van der Waals surface area contributed by atoms with Gasteiger partial charge in [-0.15, -0.1) is 0 Å². The van der Waals surface area contributed by atoms with Crippen molar-refractivity contribution in [2.75, 3.05) is 4.90 Å². The standard InChI is InChI=1S/C55H55N/c1-53(2)50-28-27-47(34-49(50)52-48(17-12-18-51(52)53)41-13-6-3-7-14-41)56(45-23-19-42(20-24-45)54-35-38-31-39(36-54)33-40(32-38)37-54)46-25-21-44(22-26-46)55(29-10-5-11-30-55)43-15-8-4-9-16-43/h3-4,6-9,12-28,34,38-40H,5,10-11,29-33,35-37H2,1-2H3. The molecular formula is C55H55N. The Labute approximate surface area is 334 Å². The number of rotatable bonds is 7. The number of anilines is 3. The van der Waals surface area contributed by atoms with Crippen LogP contribution in [0.15, 0.2) is 146 Å². The van der Waals surface area contributed by atoms with Gasteiger partial charge in [-0.1, -0.05) is 142 Å². The molecule has 0 atom stereocenters. The summed E-state index contributed by atoms with van der Waals surface area (Å²) >= 11 is 0. The van der Waals surface area contributed by atoms with E-state index in [1.54, 1.807) is 5.56 Å². The first-order valence-electron chi connectivity index (χ1n) is 21.8. The number of benzene rings is 6. The fourth-order valence-electron chi connectivity index (χ4n) is 13.3. The van der Waals surface area contributed by atoms with Crippen molar-refractivity contribution in [2.45, 2.75) is 101 Å². The summed E-state index contributed by atoms with van der Waals surface area (Å²) in [7, 11) is 0. The van der Waals surface area contributed by atoms with E-state index < -0.39 is 0 Å². The first-order valence-corrected chi connectivity index (χ1v) is 21.8. The van der Waals surface area contributed by atoms with Gasteiger partial charge < -0.3 is 4.90 Å². The Bertz CT molecular complexity index is 2340. The lowest BCUT2D eigenvalue weighted by Crippen LogP contribution is -2.48. The molecule has 0 N–H and O–H groups in total. The van der Waals surface area contributed by atoms with Gasteiger partial charge in [0.25, 0.3) is 0 Å². The van der Waals surface area contributed by atoms with Crippen LogP contribution in [0, 0.1) is 17.8 Å². The van der Waals surface area contributed by atoms with Gasteiger partial charge in [0.2, 0.25) is 0 Å². The highest BCUT2D eigenvalue weighted by atomic mass is 15.1. The van der Waals surface area contributed by atoms with Crippen LogP contribution in [0.2, 0.25) is 0 Å². The monoisotopic (exact) mass is 729 g/mol. The lowest BCUT2D eigenvalue weighted by molar-refractivity contribution is -0.00518. The van der Waals surface area contributed by atoms with E-state index in [-0.39, 0.29) is 10.8 Å². The van der Waals surface area contributed by atoms with Crippen molar-refractivity contribution < 1.29 is 0 Å². The van der Waals surface area contributed by atoms with Gasteiger partial charge in [0.05, 0.1) is 0 Å². The summed E-state index contributed by atoms with van der Waals surface area (Å²) < 4.78 is 0. The van der Waals surface area contributed by atoms with Crippen LogP contribution in [0.3, 0.4) is 0 Å². The first-order chi connectivity index (χ1) is 27.4. The normalized spacial score (nSPS) is 25.1. The molecule has 0 aliphatic heterocycles. The minimum Gasteiger partial charge on any atom is -0.310 e. The van der Waals surface area contributed by atoms with Crippen LogP contribution in [-0.4, -0.2) is 0 Å². The summed E-state index contributed by atoms with van der Waals surface area (Å²) in [6.45, 7) is 4.80. The molecule has 0 heterocycles. The average molecular weight is 730 g/mol. The van der Waals surface area contributed by atoms with E-state index in [0.717, 1.165) is 17.8 Å². The molecule has 1 nitrogen and oxygen atoms in total. The van der Waals surface area contributed by atoms with E-state index in [2.05, 4.69) is 164 Å². The fraction of sp³-hybridized carbons (Fsp3) is 0.345. The van der Waals surface area contributed by atoms with Gasteiger partial charge >= 0.3 is 0 Å². The lowest BCUT2D eigenvalue weighted by Gasteiger charge is -2.57. The highest BCUT2D eigenvalue weighted by Crippen LogP contribution is 2.61. The van der Waals surface area contributed by atoms with E-state index in [1.165, 1.54) is 132 Å². The molecule has 0 radical (unpaired) electrons. The molecule has 0 aromatic heterocycles. The largest absolute Gasteiger partial charge is 0.310 e. The van der Waals surface area contributed by atoms with Crippen LogP contribution in [0.4, 0.5) is 17.1 Å². The third-order valence-electron chi connectivity index (χ3n) is 15.5. The van der Waals surface area contributed by atoms with Gasteiger partial charge in [0.1, 0.15) is 0 Å². The molecule has 6 aromatic carbocycles. The highest BCUT2D eigenvalue weighted by molar-refractivity contribution is 5.94. The maximum absolute atomic E-state index is 2.54. The Morgan fingerprint density at radius 2 is 1.02 bits per heavy atom. The van der Waals surface area contributed by atoms with Gasteiger partial charge in [0.15, 0.2) is 0 Å². The highest BCUT2D eigenvalue weighted by Gasteiger charge is 2.51.